The molecule has 1 amide bonds. The number of anilines is 1. The first kappa shape index (κ1) is 23.3. The van der Waals surface area contributed by atoms with E-state index >= 15 is 0 Å². The Balaban J connectivity index is 1.56. The van der Waals surface area contributed by atoms with E-state index < -0.39 is 6.29 Å². The van der Waals surface area contributed by atoms with Crippen molar-refractivity contribution >= 4 is 23.4 Å². The summed E-state index contributed by atoms with van der Waals surface area (Å²) in [6.07, 6.45) is 1.09. The Labute approximate surface area is 196 Å². The number of aliphatic hydroxyl groups excluding tert-OH is 1. The van der Waals surface area contributed by atoms with E-state index in [0.29, 0.717) is 22.9 Å². The Bertz CT molecular complexity index is 1090. The summed E-state index contributed by atoms with van der Waals surface area (Å²) in [7, 11) is 0. The van der Waals surface area contributed by atoms with Crippen molar-refractivity contribution in [3.05, 3.63) is 94.8 Å². The highest BCUT2D eigenvalue weighted by molar-refractivity contribution is 7.99. The quantitative estimate of drug-likeness (QED) is 0.309. The van der Waals surface area contributed by atoms with Crippen LogP contribution in [0.5, 0.6) is 0 Å². The van der Waals surface area contributed by atoms with Crippen LogP contribution in [0.15, 0.2) is 78.0 Å². The van der Waals surface area contributed by atoms with Crippen molar-refractivity contribution in [3.63, 3.8) is 0 Å². The number of hydrogen-bond donors (Lipinski definition) is 2. The van der Waals surface area contributed by atoms with Gasteiger partial charge in [0.15, 0.2) is 12.5 Å². The molecule has 0 spiro atoms. The number of pyridine rings is 1. The van der Waals surface area contributed by atoms with Gasteiger partial charge < -0.3 is 25.1 Å². The van der Waals surface area contributed by atoms with Crippen LogP contribution in [-0.2, 0) is 20.9 Å². The summed E-state index contributed by atoms with van der Waals surface area (Å²) in [5, 5.41) is 24.8. The van der Waals surface area contributed by atoms with Gasteiger partial charge >= 0.3 is 0 Å². The summed E-state index contributed by atoms with van der Waals surface area (Å²) in [4.78, 5) is 11.5. The Morgan fingerprint density at radius 1 is 1.12 bits per heavy atom. The van der Waals surface area contributed by atoms with E-state index in [9.17, 15) is 15.1 Å². The molecule has 2 heterocycles. The van der Waals surface area contributed by atoms with E-state index in [0.717, 1.165) is 21.4 Å². The van der Waals surface area contributed by atoms with Crippen LogP contribution in [0.4, 0.5) is 5.69 Å². The van der Waals surface area contributed by atoms with Crippen molar-refractivity contribution in [2.75, 3.05) is 11.1 Å². The predicted molar refractivity (Wildman–Crippen MR) is 125 cm³/mol. The van der Waals surface area contributed by atoms with E-state index in [2.05, 4.69) is 5.32 Å². The fourth-order valence-electron chi connectivity index (χ4n) is 3.69. The summed E-state index contributed by atoms with van der Waals surface area (Å²) in [6.45, 7) is 1.45. The molecule has 0 bridgehead atoms. The standard InChI is InChI=1S/C25H26N2O5S/c1-17(29)26-21-6-4-5-20(13-21)25-31-22(16-33-24-7-2-3-12-27(24)30)14-23(32-25)19-10-8-18(15-28)9-11-19/h2-13,22-23,25,28H,14-16H2,1H3,(H,26,29)/t22-,23+,25+/m0/s1. The summed E-state index contributed by atoms with van der Waals surface area (Å²) in [6, 6.07) is 20.4. The van der Waals surface area contributed by atoms with Gasteiger partial charge in [0.25, 0.3) is 5.03 Å². The maximum absolute atomic E-state index is 12.0. The van der Waals surface area contributed by atoms with Crippen LogP contribution in [0.25, 0.3) is 0 Å². The van der Waals surface area contributed by atoms with Crippen LogP contribution in [-0.4, -0.2) is 22.9 Å². The molecule has 0 radical (unpaired) electrons. The van der Waals surface area contributed by atoms with Crippen molar-refractivity contribution in [2.45, 2.75) is 43.5 Å². The van der Waals surface area contributed by atoms with Gasteiger partial charge in [-0.1, -0.05) is 48.2 Å². The van der Waals surface area contributed by atoms with Crippen LogP contribution in [0.3, 0.4) is 0 Å². The van der Waals surface area contributed by atoms with Gasteiger partial charge in [0.05, 0.1) is 18.8 Å². The smallest absolute Gasteiger partial charge is 0.251 e. The number of hydrogen-bond acceptors (Lipinski definition) is 6. The summed E-state index contributed by atoms with van der Waals surface area (Å²) in [5.74, 6) is 0.436. The zero-order chi connectivity index (χ0) is 23.2. The maximum atomic E-state index is 12.0. The molecule has 33 heavy (non-hydrogen) atoms. The third kappa shape index (κ3) is 6.11. The van der Waals surface area contributed by atoms with E-state index in [1.165, 1.54) is 24.9 Å². The number of thioether (sulfide) groups is 1. The lowest BCUT2D eigenvalue weighted by molar-refractivity contribution is -0.645. The summed E-state index contributed by atoms with van der Waals surface area (Å²) >= 11 is 1.45. The molecule has 1 aliphatic heterocycles. The molecule has 3 atom stereocenters. The Morgan fingerprint density at radius 3 is 2.67 bits per heavy atom. The number of carbonyl (C=O) groups is 1. The van der Waals surface area contributed by atoms with Gasteiger partial charge in [-0.2, -0.15) is 4.73 Å². The van der Waals surface area contributed by atoms with Crippen LogP contribution < -0.4 is 10.0 Å². The molecular formula is C25H26N2O5S. The fourth-order valence-corrected chi connectivity index (χ4v) is 4.63. The number of carbonyl (C=O) groups excluding carboxylic acids is 1. The third-order valence-electron chi connectivity index (χ3n) is 5.30. The second kappa shape index (κ2) is 10.8. The predicted octanol–water partition coefficient (Wildman–Crippen LogP) is 4.11. The molecule has 4 rings (SSSR count). The molecule has 1 fully saturated rings. The van der Waals surface area contributed by atoms with E-state index in [-0.39, 0.29) is 24.7 Å². The first-order valence-corrected chi connectivity index (χ1v) is 11.7. The van der Waals surface area contributed by atoms with Crippen molar-refractivity contribution in [2.24, 2.45) is 0 Å². The largest absolute Gasteiger partial charge is 0.618 e. The minimum atomic E-state index is -0.629. The van der Waals surface area contributed by atoms with Crippen molar-refractivity contribution in [1.29, 1.82) is 0 Å². The number of nitrogens with zero attached hydrogens (tertiary/aromatic N) is 1. The van der Waals surface area contributed by atoms with Crippen LogP contribution >= 0.6 is 11.8 Å². The monoisotopic (exact) mass is 466 g/mol. The van der Waals surface area contributed by atoms with Crippen molar-refractivity contribution in [3.8, 4) is 0 Å². The number of rotatable bonds is 7. The van der Waals surface area contributed by atoms with E-state index in [4.69, 9.17) is 9.47 Å². The molecule has 3 aromatic rings. The molecule has 1 saturated heterocycles. The molecule has 7 nitrogen and oxygen atoms in total. The molecule has 2 aromatic carbocycles. The zero-order valence-corrected chi connectivity index (χ0v) is 19.0. The maximum Gasteiger partial charge on any atom is 0.251 e. The van der Waals surface area contributed by atoms with Gasteiger partial charge in [-0.05, 0) is 29.3 Å². The van der Waals surface area contributed by atoms with E-state index in [1.54, 1.807) is 12.1 Å². The van der Waals surface area contributed by atoms with Gasteiger partial charge in [-0.25, -0.2) is 0 Å². The molecule has 0 saturated carbocycles. The molecule has 1 aliphatic rings. The fraction of sp³-hybridized carbons (Fsp3) is 0.280. The Hall–Kier alpha value is -2.91. The van der Waals surface area contributed by atoms with Crippen molar-refractivity contribution < 1.29 is 24.1 Å². The molecule has 8 heteroatoms. The highest BCUT2D eigenvalue weighted by atomic mass is 32.2. The topological polar surface area (TPSA) is 94.7 Å². The summed E-state index contributed by atoms with van der Waals surface area (Å²) in [5.41, 5.74) is 3.30. The Morgan fingerprint density at radius 2 is 1.94 bits per heavy atom. The number of aromatic nitrogens is 1. The number of ether oxygens (including phenoxy) is 2. The highest BCUT2D eigenvalue weighted by Crippen LogP contribution is 2.39. The van der Waals surface area contributed by atoms with Gasteiger partial charge in [0, 0.05) is 42.5 Å². The first-order valence-electron chi connectivity index (χ1n) is 10.7. The van der Waals surface area contributed by atoms with Gasteiger partial charge in [0.1, 0.15) is 0 Å². The lowest BCUT2D eigenvalue weighted by Crippen LogP contribution is -2.32. The van der Waals surface area contributed by atoms with Crippen LogP contribution in [0, 0.1) is 5.21 Å². The minimum absolute atomic E-state index is 0.0149. The molecule has 1 aromatic heterocycles. The number of nitrogens with one attached hydrogen (secondary N) is 1. The van der Waals surface area contributed by atoms with Gasteiger partial charge in [-0.15, -0.1) is 0 Å². The molecule has 172 valence electrons. The molecule has 0 unspecified atom stereocenters. The molecule has 0 aliphatic carbocycles. The SMILES string of the molecule is CC(=O)Nc1cccc([C@@H]2O[C@H](CSc3cccc[n+]3[O-])C[C@H](c3ccc(CO)cc3)O2)c1. The highest BCUT2D eigenvalue weighted by Gasteiger charge is 2.32. The van der Waals surface area contributed by atoms with Crippen LogP contribution in [0.2, 0.25) is 0 Å². The average molecular weight is 467 g/mol. The number of aliphatic hydroxyl groups is 1. The van der Waals surface area contributed by atoms with Crippen LogP contribution in [0.1, 0.15) is 42.4 Å². The first-order chi connectivity index (χ1) is 16.0. The average Bonchev–Trinajstić information content (AvgIpc) is 2.83. The van der Waals surface area contributed by atoms with Gasteiger partial charge in [-0.3, -0.25) is 4.79 Å². The van der Waals surface area contributed by atoms with Crippen molar-refractivity contribution in [1.82, 2.24) is 0 Å². The normalized spacial score (nSPS) is 20.4. The minimum Gasteiger partial charge on any atom is -0.618 e. The Kier molecular flexibility index (Phi) is 7.61. The summed E-state index contributed by atoms with van der Waals surface area (Å²) < 4.78 is 13.5. The lowest BCUT2D eigenvalue weighted by atomic mass is 10.0. The lowest BCUT2D eigenvalue weighted by Gasteiger charge is -2.36. The zero-order valence-electron chi connectivity index (χ0n) is 18.2. The van der Waals surface area contributed by atoms with Gasteiger partial charge in [0.2, 0.25) is 5.91 Å². The molecular weight excluding hydrogens is 440 g/mol. The number of benzene rings is 2. The van der Waals surface area contributed by atoms with E-state index in [1.807, 2.05) is 54.6 Å². The number of amides is 1. The second-order valence-corrected chi connectivity index (χ2v) is 8.87. The molecule has 2 N–H and O–H groups in total. The second-order valence-electron chi connectivity index (χ2n) is 7.83. The third-order valence-corrected chi connectivity index (χ3v) is 6.45.